The molecule has 0 fully saturated rings. The summed E-state index contributed by atoms with van der Waals surface area (Å²) in [6.45, 7) is 2.69. The van der Waals surface area contributed by atoms with E-state index in [4.69, 9.17) is 5.73 Å². The van der Waals surface area contributed by atoms with Crippen LogP contribution in [0.3, 0.4) is 0 Å². The third-order valence-corrected chi connectivity index (χ3v) is 3.09. The van der Waals surface area contributed by atoms with Crippen LogP contribution in [0.5, 0.6) is 0 Å². The number of carbonyl (C=O) groups excluding carboxylic acids is 2. The fourth-order valence-corrected chi connectivity index (χ4v) is 1.73. The number of hydrogen-bond donors (Lipinski definition) is 2. The number of hydrogen-bond acceptors (Lipinski definition) is 3. The zero-order valence-corrected chi connectivity index (χ0v) is 12.3. The second-order valence-electron chi connectivity index (χ2n) is 5.08. The maximum Gasteiger partial charge on any atom is 0.253 e. The average molecular weight is 277 g/mol. The van der Waals surface area contributed by atoms with E-state index in [1.807, 2.05) is 18.2 Å². The Labute approximate surface area is 120 Å². The lowest BCUT2D eigenvalue weighted by Crippen LogP contribution is -2.34. The largest absolute Gasteiger partial charge is 0.355 e. The van der Waals surface area contributed by atoms with Crippen molar-refractivity contribution in [2.45, 2.75) is 13.3 Å². The molecule has 0 aliphatic rings. The van der Waals surface area contributed by atoms with Crippen LogP contribution in [0.15, 0.2) is 24.3 Å². The number of nitrogens with two attached hydrogens (primary N) is 1. The van der Waals surface area contributed by atoms with E-state index in [-0.39, 0.29) is 17.7 Å². The quantitative estimate of drug-likeness (QED) is 0.801. The van der Waals surface area contributed by atoms with E-state index in [1.54, 1.807) is 32.0 Å². The van der Waals surface area contributed by atoms with Gasteiger partial charge in [0.05, 0.1) is 0 Å². The minimum atomic E-state index is -0.170. The van der Waals surface area contributed by atoms with Gasteiger partial charge in [0.15, 0.2) is 0 Å². The SMILES string of the molecule is CC(CN)C(=O)NCCc1cccc(C(=O)N(C)C)c1. The molecule has 0 aliphatic carbocycles. The monoisotopic (exact) mass is 277 g/mol. The highest BCUT2D eigenvalue weighted by Crippen LogP contribution is 2.07. The smallest absolute Gasteiger partial charge is 0.253 e. The fourth-order valence-electron chi connectivity index (χ4n) is 1.73. The van der Waals surface area contributed by atoms with Crippen LogP contribution in [-0.4, -0.2) is 43.9 Å². The van der Waals surface area contributed by atoms with E-state index >= 15 is 0 Å². The zero-order valence-electron chi connectivity index (χ0n) is 12.3. The summed E-state index contributed by atoms with van der Waals surface area (Å²) < 4.78 is 0. The molecule has 1 aromatic carbocycles. The van der Waals surface area contributed by atoms with Gasteiger partial charge >= 0.3 is 0 Å². The van der Waals surface area contributed by atoms with Crippen LogP contribution >= 0.6 is 0 Å². The first-order valence-corrected chi connectivity index (χ1v) is 6.74. The molecule has 1 atom stereocenters. The topological polar surface area (TPSA) is 75.4 Å². The van der Waals surface area contributed by atoms with Gasteiger partial charge < -0.3 is 16.0 Å². The maximum atomic E-state index is 11.8. The number of nitrogens with one attached hydrogen (secondary N) is 1. The molecule has 0 saturated carbocycles. The van der Waals surface area contributed by atoms with Gasteiger partial charge in [0.25, 0.3) is 5.91 Å². The Morgan fingerprint density at radius 2 is 2.05 bits per heavy atom. The lowest BCUT2D eigenvalue weighted by Gasteiger charge is -2.12. The molecule has 3 N–H and O–H groups in total. The van der Waals surface area contributed by atoms with Gasteiger partial charge in [-0.2, -0.15) is 0 Å². The summed E-state index contributed by atoms with van der Waals surface area (Å²) in [5.41, 5.74) is 7.12. The van der Waals surface area contributed by atoms with Gasteiger partial charge in [-0.15, -0.1) is 0 Å². The van der Waals surface area contributed by atoms with Gasteiger partial charge in [-0.05, 0) is 24.1 Å². The van der Waals surface area contributed by atoms with E-state index < -0.39 is 0 Å². The summed E-state index contributed by atoms with van der Waals surface area (Å²) in [4.78, 5) is 25.0. The molecule has 0 radical (unpaired) electrons. The van der Waals surface area contributed by atoms with E-state index in [2.05, 4.69) is 5.32 Å². The Morgan fingerprint density at radius 3 is 2.65 bits per heavy atom. The molecule has 5 heteroatoms. The molecule has 0 bridgehead atoms. The molecule has 1 unspecified atom stereocenters. The van der Waals surface area contributed by atoms with Crippen molar-refractivity contribution in [3.05, 3.63) is 35.4 Å². The van der Waals surface area contributed by atoms with Gasteiger partial charge in [0.1, 0.15) is 0 Å². The lowest BCUT2D eigenvalue weighted by molar-refractivity contribution is -0.124. The number of rotatable bonds is 6. The first-order chi connectivity index (χ1) is 9.45. The van der Waals surface area contributed by atoms with Gasteiger partial charge in [0, 0.05) is 38.7 Å². The molecule has 110 valence electrons. The highest BCUT2D eigenvalue weighted by Gasteiger charge is 2.10. The predicted octanol–water partition coefficient (Wildman–Crippen LogP) is 0.642. The molecule has 20 heavy (non-hydrogen) atoms. The molecule has 0 spiro atoms. The number of benzene rings is 1. The van der Waals surface area contributed by atoms with Crippen LogP contribution in [0, 0.1) is 5.92 Å². The van der Waals surface area contributed by atoms with E-state index in [0.717, 1.165) is 5.56 Å². The number of nitrogens with zero attached hydrogens (tertiary/aromatic N) is 1. The van der Waals surface area contributed by atoms with Crippen LogP contribution in [0.4, 0.5) is 0 Å². The number of carbonyl (C=O) groups is 2. The van der Waals surface area contributed by atoms with Crippen molar-refractivity contribution in [1.82, 2.24) is 10.2 Å². The summed E-state index contributed by atoms with van der Waals surface area (Å²) in [6.07, 6.45) is 0.692. The molecule has 0 aliphatic heterocycles. The molecule has 5 nitrogen and oxygen atoms in total. The molecule has 1 aromatic rings. The van der Waals surface area contributed by atoms with Gasteiger partial charge in [-0.3, -0.25) is 9.59 Å². The zero-order chi connectivity index (χ0) is 15.1. The van der Waals surface area contributed by atoms with Gasteiger partial charge in [-0.1, -0.05) is 19.1 Å². The van der Waals surface area contributed by atoms with Crippen LogP contribution in [0.1, 0.15) is 22.8 Å². The Hall–Kier alpha value is -1.88. The lowest BCUT2D eigenvalue weighted by atomic mass is 10.1. The summed E-state index contributed by atoms with van der Waals surface area (Å²) >= 11 is 0. The van der Waals surface area contributed by atoms with Crippen molar-refractivity contribution in [3.63, 3.8) is 0 Å². The molecule has 0 heterocycles. The Kier molecular flexibility index (Phi) is 6.18. The Morgan fingerprint density at radius 1 is 1.35 bits per heavy atom. The second kappa shape index (κ2) is 7.65. The van der Waals surface area contributed by atoms with Gasteiger partial charge in [0.2, 0.25) is 5.91 Å². The average Bonchev–Trinajstić information content (AvgIpc) is 2.45. The normalized spacial score (nSPS) is 11.8. The van der Waals surface area contributed by atoms with Crippen LogP contribution in [-0.2, 0) is 11.2 Å². The standard InChI is InChI=1S/C15H23N3O2/c1-11(10-16)14(19)17-8-7-12-5-4-6-13(9-12)15(20)18(2)3/h4-6,9,11H,7-8,10,16H2,1-3H3,(H,17,19). The molecule has 1 rings (SSSR count). The van der Waals surface area contributed by atoms with Crippen LogP contribution in [0.25, 0.3) is 0 Å². The van der Waals surface area contributed by atoms with Crippen molar-refractivity contribution in [1.29, 1.82) is 0 Å². The van der Waals surface area contributed by atoms with E-state index in [0.29, 0.717) is 25.1 Å². The Balaban J connectivity index is 2.55. The summed E-state index contributed by atoms with van der Waals surface area (Å²) in [5, 5.41) is 2.84. The van der Waals surface area contributed by atoms with Crippen molar-refractivity contribution >= 4 is 11.8 Å². The predicted molar refractivity (Wildman–Crippen MR) is 79.4 cm³/mol. The van der Waals surface area contributed by atoms with Gasteiger partial charge in [-0.25, -0.2) is 0 Å². The minimum absolute atomic E-state index is 0.0207. The minimum Gasteiger partial charge on any atom is -0.355 e. The van der Waals surface area contributed by atoms with Crippen LogP contribution in [0.2, 0.25) is 0 Å². The molecule has 0 aromatic heterocycles. The highest BCUT2D eigenvalue weighted by atomic mass is 16.2. The summed E-state index contributed by atoms with van der Waals surface area (Å²) in [5.74, 6) is -0.225. The fraction of sp³-hybridized carbons (Fsp3) is 0.467. The first kappa shape index (κ1) is 16.2. The molecule has 0 saturated heterocycles. The molecule has 2 amide bonds. The third-order valence-electron chi connectivity index (χ3n) is 3.09. The van der Waals surface area contributed by atoms with Crippen molar-refractivity contribution in [3.8, 4) is 0 Å². The summed E-state index contributed by atoms with van der Waals surface area (Å²) in [7, 11) is 3.45. The van der Waals surface area contributed by atoms with Crippen molar-refractivity contribution < 1.29 is 9.59 Å². The van der Waals surface area contributed by atoms with E-state index in [9.17, 15) is 9.59 Å². The van der Waals surface area contributed by atoms with Crippen molar-refractivity contribution in [2.24, 2.45) is 11.7 Å². The second-order valence-corrected chi connectivity index (χ2v) is 5.08. The highest BCUT2D eigenvalue weighted by molar-refractivity contribution is 5.94. The number of amides is 2. The van der Waals surface area contributed by atoms with Crippen molar-refractivity contribution in [2.75, 3.05) is 27.2 Å². The van der Waals surface area contributed by atoms with Crippen LogP contribution < -0.4 is 11.1 Å². The molecular formula is C15H23N3O2. The van der Waals surface area contributed by atoms with E-state index in [1.165, 1.54) is 0 Å². The first-order valence-electron chi connectivity index (χ1n) is 6.74. The Bertz CT molecular complexity index is 472. The summed E-state index contributed by atoms with van der Waals surface area (Å²) in [6, 6.07) is 7.46. The third kappa shape index (κ3) is 4.66. The maximum absolute atomic E-state index is 11.8. The molecular weight excluding hydrogens is 254 g/mol.